The van der Waals surface area contributed by atoms with Gasteiger partial charge in [0, 0.05) is 27.1 Å². The minimum Gasteiger partial charge on any atom is -0.497 e. The number of rotatable bonds is 6. The van der Waals surface area contributed by atoms with Gasteiger partial charge < -0.3 is 15.0 Å². The summed E-state index contributed by atoms with van der Waals surface area (Å²) in [5.41, 5.74) is 2.87. The van der Waals surface area contributed by atoms with Crippen LogP contribution in [-0.2, 0) is 4.79 Å². The first-order chi connectivity index (χ1) is 16.5. The summed E-state index contributed by atoms with van der Waals surface area (Å²) in [6, 6.07) is 22.2. The van der Waals surface area contributed by atoms with Crippen molar-refractivity contribution in [1.29, 1.82) is 0 Å². The molecule has 2 heterocycles. The Kier molecular flexibility index (Phi) is 6.12. The fourth-order valence-electron chi connectivity index (χ4n) is 3.68. The number of carbonyl (C=O) groups excluding carboxylic acids is 1. The Morgan fingerprint density at radius 1 is 1.12 bits per heavy atom. The smallest absolute Gasteiger partial charge is 0.283 e. The molecule has 2 N–H and O–H groups in total. The van der Waals surface area contributed by atoms with Gasteiger partial charge in [-0.15, -0.1) is 0 Å². The third-order valence-corrected chi connectivity index (χ3v) is 6.73. The molecule has 5 aromatic rings. The number of nitrogens with one attached hydrogen (secondary N) is 2. The predicted molar refractivity (Wildman–Crippen MR) is 139 cm³/mol. The molecule has 5 rings (SSSR count). The van der Waals surface area contributed by atoms with E-state index in [2.05, 4.69) is 26.2 Å². The van der Waals surface area contributed by atoms with Crippen molar-refractivity contribution < 1.29 is 9.53 Å². The van der Waals surface area contributed by atoms with Crippen LogP contribution in [0.1, 0.15) is 0 Å². The first-order valence-electron chi connectivity index (χ1n) is 10.4. The zero-order chi connectivity index (χ0) is 23.7. The van der Waals surface area contributed by atoms with E-state index in [1.54, 1.807) is 13.2 Å². The van der Waals surface area contributed by atoms with E-state index in [0.717, 1.165) is 15.4 Å². The number of hydrogen-bond acceptors (Lipinski definition) is 5. The Balaban J connectivity index is 1.56. The van der Waals surface area contributed by atoms with Crippen molar-refractivity contribution in [1.82, 2.24) is 14.5 Å². The third-order valence-electron chi connectivity index (χ3n) is 5.27. The molecule has 34 heavy (non-hydrogen) atoms. The van der Waals surface area contributed by atoms with Gasteiger partial charge in [-0.3, -0.25) is 14.2 Å². The van der Waals surface area contributed by atoms with E-state index in [1.165, 1.54) is 16.3 Å². The van der Waals surface area contributed by atoms with Crippen molar-refractivity contribution >= 4 is 61.2 Å². The second-order valence-corrected chi connectivity index (χ2v) is 9.33. The van der Waals surface area contributed by atoms with Crippen LogP contribution in [0.25, 0.3) is 27.6 Å². The number of fused-ring (bicyclic) bond motifs is 3. The number of nitrogens with zero attached hydrogens (tertiary/aromatic N) is 2. The van der Waals surface area contributed by atoms with E-state index in [4.69, 9.17) is 9.72 Å². The number of amides is 1. The van der Waals surface area contributed by atoms with Gasteiger partial charge in [0.15, 0.2) is 5.16 Å². The number of carbonyl (C=O) groups is 1. The zero-order valence-corrected chi connectivity index (χ0v) is 20.4. The van der Waals surface area contributed by atoms with E-state index >= 15 is 0 Å². The summed E-state index contributed by atoms with van der Waals surface area (Å²) in [5, 5.41) is 4.14. The summed E-state index contributed by atoms with van der Waals surface area (Å²) >= 11 is 4.59. The number of thioether (sulfide) groups is 1. The highest BCUT2D eigenvalue weighted by Gasteiger charge is 2.18. The topological polar surface area (TPSA) is 89.0 Å². The maximum absolute atomic E-state index is 13.6. The summed E-state index contributed by atoms with van der Waals surface area (Å²) in [5.74, 6) is 0.503. The van der Waals surface area contributed by atoms with Crippen LogP contribution in [0, 0.1) is 0 Å². The quantitative estimate of drug-likeness (QED) is 0.226. The van der Waals surface area contributed by atoms with Crippen LogP contribution in [0.3, 0.4) is 0 Å². The van der Waals surface area contributed by atoms with Crippen molar-refractivity contribution in [3.8, 4) is 11.4 Å². The minimum atomic E-state index is -0.245. The number of H-pyrrole nitrogens is 1. The average Bonchev–Trinajstić information content (AvgIpc) is 3.23. The SMILES string of the molecule is COc1cccc(-n2c(SCC(=O)Nc3ccc(Br)cc3)nc3c([nH]c4ccccc43)c2=O)c1. The number of hydrogen-bond donors (Lipinski definition) is 2. The van der Waals surface area contributed by atoms with Gasteiger partial charge in [-0.1, -0.05) is 52.0 Å². The van der Waals surface area contributed by atoms with Gasteiger partial charge in [-0.05, 0) is 42.5 Å². The van der Waals surface area contributed by atoms with Crippen molar-refractivity contribution in [3.63, 3.8) is 0 Å². The summed E-state index contributed by atoms with van der Waals surface area (Å²) < 4.78 is 7.79. The number of aromatic amines is 1. The molecule has 0 saturated heterocycles. The number of benzene rings is 3. The number of aromatic nitrogens is 3. The van der Waals surface area contributed by atoms with Gasteiger partial charge >= 0.3 is 0 Å². The van der Waals surface area contributed by atoms with Gasteiger partial charge in [0.05, 0.1) is 18.6 Å². The van der Waals surface area contributed by atoms with Gasteiger partial charge in [-0.2, -0.15) is 0 Å². The molecule has 0 saturated carbocycles. The van der Waals surface area contributed by atoms with E-state index in [1.807, 2.05) is 66.7 Å². The van der Waals surface area contributed by atoms with Crippen LogP contribution in [0.15, 0.2) is 87.2 Å². The van der Waals surface area contributed by atoms with Crippen LogP contribution >= 0.6 is 27.7 Å². The van der Waals surface area contributed by atoms with Crippen molar-refractivity contribution in [2.75, 3.05) is 18.2 Å². The van der Waals surface area contributed by atoms with Crippen molar-refractivity contribution in [2.45, 2.75) is 5.16 Å². The predicted octanol–water partition coefficient (Wildman–Crippen LogP) is 5.37. The highest BCUT2D eigenvalue weighted by atomic mass is 79.9. The molecule has 0 aliphatic heterocycles. The van der Waals surface area contributed by atoms with E-state index in [-0.39, 0.29) is 17.2 Å². The molecule has 1 amide bonds. The molecular formula is C25H19BrN4O3S. The Hall–Kier alpha value is -3.56. The van der Waals surface area contributed by atoms with Gasteiger partial charge in [0.1, 0.15) is 16.8 Å². The fourth-order valence-corrected chi connectivity index (χ4v) is 4.75. The van der Waals surface area contributed by atoms with Gasteiger partial charge in [-0.25, -0.2) is 4.98 Å². The van der Waals surface area contributed by atoms with Crippen LogP contribution in [-0.4, -0.2) is 33.3 Å². The fraction of sp³-hybridized carbons (Fsp3) is 0.0800. The molecule has 0 aliphatic carbocycles. The lowest BCUT2D eigenvalue weighted by Crippen LogP contribution is -2.23. The van der Waals surface area contributed by atoms with Crippen LogP contribution in [0.5, 0.6) is 5.75 Å². The molecule has 170 valence electrons. The van der Waals surface area contributed by atoms with Gasteiger partial charge in [0.25, 0.3) is 5.56 Å². The lowest BCUT2D eigenvalue weighted by molar-refractivity contribution is -0.113. The van der Waals surface area contributed by atoms with Crippen LogP contribution in [0.2, 0.25) is 0 Å². The van der Waals surface area contributed by atoms with Gasteiger partial charge in [0.2, 0.25) is 5.91 Å². The maximum Gasteiger partial charge on any atom is 0.283 e. The molecule has 3 aromatic carbocycles. The molecule has 0 atom stereocenters. The summed E-state index contributed by atoms with van der Waals surface area (Å²) in [4.78, 5) is 34.3. The van der Waals surface area contributed by atoms with Crippen LogP contribution < -0.4 is 15.6 Å². The molecular weight excluding hydrogens is 516 g/mol. The Labute approximate surface area is 207 Å². The van der Waals surface area contributed by atoms with E-state index in [0.29, 0.717) is 33.3 Å². The zero-order valence-electron chi connectivity index (χ0n) is 18.0. The standard InChI is InChI=1S/C25H19BrN4O3S/c1-33-18-6-4-5-17(13-18)30-24(32)23-22(19-7-2-3-8-20(19)28-23)29-25(30)34-14-21(31)27-16-11-9-15(26)10-12-16/h2-13,28H,14H2,1H3,(H,27,31). The number of para-hydroxylation sites is 1. The largest absolute Gasteiger partial charge is 0.497 e. The molecule has 2 aromatic heterocycles. The van der Waals surface area contributed by atoms with Crippen molar-refractivity contribution in [2.24, 2.45) is 0 Å². The molecule has 0 aliphatic rings. The highest BCUT2D eigenvalue weighted by molar-refractivity contribution is 9.10. The molecule has 7 nitrogen and oxygen atoms in total. The number of halogens is 1. The summed E-state index contributed by atoms with van der Waals surface area (Å²) in [6.07, 6.45) is 0. The van der Waals surface area contributed by atoms with Crippen LogP contribution in [0.4, 0.5) is 5.69 Å². The van der Waals surface area contributed by atoms with Crippen molar-refractivity contribution in [3.05, 3.63) is 87.6 Å². The lowest BCUT2D eigenvalue weighted by atomic mass is 10.2. The molecule has 0 fully saturated rings. The maximum atomic E-state index is 13.6. The Bertz CT molecular complexity index is 1580. The molecule has 0 spiro atoms. The molecule has 0 radical (unpaired) electrons. The summed E-state index contributed by atoms with van der Waals surface area (Å²) in [7, 11) is 1.57. The number of ether oxygens (including phenoxy) is 1. The Morgan fingerprint density at radius 3 is 2.71 bits per heavy atom. The number of anilines is 1. The first-order valence-corrected chi connectivity index (χ1v) is 12.2. The van der Waals surface area contributed by atoms with E-state index in [9.17, 15) is 9.59 Å². The summed E-state index contributed by atoms with van der Waals surface area (Å²) in [6.45, 7) is 0. The first kappa shape index (κ1) is 22.2. The normalized spacial score (nSPS) is 11.1. The monoisotopic (exact) mass is 534 g/mol. The Morgan fingerprint density at radius 2 is 1.91 bits per heavy atom. The molecule has 0 unspecified atom stereocenters. The number of methoxy groups -OCH3 is 1. The van der Waals surface area contributed by atoms with E-state index < -0.39 is 0 Å². The lowest BCUT2D eigenvalue weighted by Gasteiger charge is -2.13. The molecule has 9 heteroatoms. The highest BCUT2D eigenvalue weighted by Crippen LogP contribution is 2.27. The second kappa shape index (κ2) is 9.36. The third kappa shape index (κ3) is 4.32. The second-order valence-electron chi connectivity index (χ2n) is 7.47. The minimum absolute atomic E-state index is 0.0837. The molecule has 0 bridgehead atoms. The average molecular weight is 535 g/mol.